The molecule has 330 valence electrons. The van der Waals surface area contributed by atoms with E-state index in [4.69, 9.17) is 23.4 Å². The molecule has 9 rings (SSSR count). The molecule has 9 heteroatoms. The number of carbonyl (C=O) groups excluding carboxylic acids is 2. The van der Waals surface area contributed by atoms with E-state index in [0.29, 0.717) is 65.7 Å². The third-order valence-electron chi connectivity index (χ3n) is 13.7. The van der Waals surface area contributed by atoms with Crippen molar-refractivity contribution in [3.05, 3.63) is 158 Å². The highest BCUT2D eigenvalue weighted by atomic mass is 16.6. The predicted molar refractivity (Wildman–Crippen MR) is 243 cm³/mol. The molecule has 1 fully saturated rings. The minimum absolute atomic E-state index is 0.0298. The lowest BCUT2D eigenvalue weighted by Crippen LogP contribution is -2.58. The number of aliphatic hydroxyl groups excluding tert-OH is 1. The number of benzene rings is 4. The molecule has 5 aromatic rings. The number of methoxy groups -OCH3 is 1. The zero-order valence-corrected chi connectivity index (χ0v) is 36.9. The quantitative estimate of drug-likeness (QED) is 0.0832. The first-order valence-electron chi connectivity index (χ1n) is 22.8. The van der Waals surface area contributed by atoms with Crippen LogP contribution >= 0.6 is 0 Å². The molecule has 1 N–H and O–H groups in total. The zero-order valence-electron chi connectivity index (χ0n) is 36.9. The van der Waals surface area contributed by atoms with Crippen molar-refractivity contribution in [3.63, 3.8) is 0 Å². The summed E-state index contributed by atoms with van der Waals surface area (Å²) in [6.45, 7) is 3.74. The molecule has 0 spiro atoms. The number of aryl methyl sites for hydroxylation is 2. The van der Waals surface area contributed by atoms with E-state index in [2.05, 4.69) is 72.8 Å². The van der Waals surface area contributed by atoms with Crippen molar-refractivity contribution in [1.29, 1.82) is 0 Å². The minimum Gasteiger partial charge on any atom is -0.483 e. The highest BCUT2D eigenvalue weighted by Gasteiger charge is 2.56. The minimum atomic E-state index is -1.16. The molecular formula is C54H60O9. The van der Waals surface area contributed by atoms with Crippen molar-refractivity contribution in [2.75, 3.05) is 20.3 Å². The van der Waals surface area contributed by atoms with Crippen LogP contribution in [0.4, 0.5) is 0 Å². The molecule has 9 nitrogen and oxygen atoms in total. The second kappa shape index (κ2) is 19.9. The van der Waals surface area contributed by atoms with Gasteiger partial charge in [-0.05, 0) is 123 Å². The van der Waals surface area contributed by atoms with Crippen LogP contribution in [0, 0.1) is 11.8 Å². The van der Waals surface area contributed by atoms with Crippen LogP contribution in [-0.2, 0) is 55.9 Å². The zero-order chi connectivity index (χ0) is 43.9. The number of carbonyl (C=O) groups is 2. The summed E-state index contributed by atoms with van der Waals surface area (Å²) in [5.74, 6) is -0.713. The van der Waals surface area contributed by atoms with E-state index in [9.17, 15) is 19.5 Å². The number of rotatable bonds is 10. The monoisotopic (exact) mass is 852 g/mol. The van der Waals surface area contributed by atoms with Crippen molar-refractivity contribution in [1.82, 2.24) is 0 Å². The van der Waals surface area contributed by atoms with Crippen LogP contribution in [0.3, 0.4) is 0 Å². The molecule has 4 aliphatic rings. The number of ether oxygens (including phenoxy) is 4. The van der Waals surface area contributed by atoms with Crippen molar-refractivity contribution in [3.8, 4) is 5.75 Å². The molecule has 0 radical (unpaired) electrons. The summed E-state index contributed by atoms with van der Waals surface area (Å²) >= 11 is 0. The molecular weight excluding hydrogens is 793 g/mol. The molecule has 0 saturated heterocycles. The molecule has 4 atom stereocenters. The van der Waals surface area contributed by atoms with Gasteiger partial charge in [-0.1, -0.05) is 98.1 Å². The fourth-order valence-electron chi connectivity index (χ4n) is 10.0. The van der Waals surface area contributed by atoms with Crippen LogP contribution in [0.1, 0.15) is 110 Å². The van der Waals surface area contributed by atoms with Crippen molar-refractivity contribution in [2.45, 2.75) is 115 Å². The lowest BCUT2D eigenvalue weighted by molar-refractivity contribution is -0.201. The molecule has 1 aliphatic carbocycles. The van der Waals surface area contributed by atoms with Crippen molar-refractivity contribution in [2.24, 2.45) is 11.8 Å². The van der Waals surface area contributed by atoms with Crippen molar-refractivity contribution < 1.29 is 38.1 Å². The second-order valence-corrected chi connectivity index (χ2v) is 18.1. The molecule has 2 bridgehead atoms. The van der Waals surface area contributed by atoms with Gasteiger partial charge in [0.05, 0.1) is 18.8 Å². The van der Waals surface area contributed by atoms with Crippen LogP contribution in [-0.4, -0.2) is 49.1 Å². The average Bonchev–Trinajstić information content (AvgIpc) is 3.29. The molecule has 1 aromatic heterocycles. The first-order chi connectivity index (χ1) is 30.6. The lowest BCUT2D eigenvalue weighted by Gasteiger charge is -2.49. The van der Waals surface area contributed by atoms with Crippen LogP contribution in [0.5, 0.6) is 5.75 Å². The Labute approximate surface area is 370 Å². The third-order valence-corrected chi connectivity index (χ3v) is 13.7. The summed E-state index contributed by atoms with van der Waals surface area (Å²) in [5.41, 5.74) is 6.18. The van der Waals surface area contributed by atoms with Gasteiger partial charge in [0.15, 0.2) is 12.2 Å². The van der Waals surface area contributed by atoms with Gasteiger partial charge in [0.25, 0.3) is 0 Å². The Morgan fingerprint density at radius 3 is 2.30 bits per heavy atom. The van der Waals surface area contributed by atoms with Gasteiger partial charge >= 0.3 is 17.6 Å². The van der Waals surface area contributed by atoms with Crippen molar-refractivity contribution >= 4 is 22.9 Å². The van der Waals surface area contributed by atoms with Crippen LogP contribution < -0.4 is 10.4 Å². The standard InChI is InChI=1S/C54H60O9/c1-35(34-55)45-25-23-36-17-19-39(20-18-36)31-41(22-21-38-13-10-14-40(30-38)29-37-11-6-4-7-12-37)32-47(56)60-50-48-46(26-24-42-33-43(27-28-59-3)52(57)61-49(42)48)63-54(2,51(50)62-53(45)58)44-15-8-5-9-16-44/h4,6-7,10-14,17-20,24,26,30,33,41,44,50-51,55H,5,8-9,15-16,21-23,25,27-29,31-32,34H2,1-3H3/b45-35-/t41-,50+,51-,54-/m0/s1. The molecule has 63 heavy (non-hydrogen) atoms. The van der Waals surface area contributed by atoms with E-state index in [1.807, 2.05) is 25.1 Å². The fraction of sp³-hybridized carbons (Fsp3) is 0.426. The summed E-state index contributed by atoms with van der Waals surface area (Å²) in [5, 5.41) is 11.0. The number of esters is 2. The predicted octanol–water partition coefficient (Wildman–Crippen LogP) is 9.94. The molecule has 0 amide bonds. The van der Waals surface area contributed by atoms with E-state index in [1.54, 1.807) is 20.1 Å². The molecule has 4 heterocycles. The van der Waals surface area contributed by atoms with E-state index in [1.165, 1.54) is 16.7 Å². The highest BCUT2D eigenvalue weighted by molar-refractivity contribution is 5.90. The Bertz CT molecular complexity index is 2480. The number of hydrogen-bond acceptors (Lipinski definition) is 9. The summed E-state index contributed by atoms with van der Waals surface area (Å²) in [7, 11) is 1.58. The van der Waals surface area contributed by atoms with Gasteiger partial charge in [-0.3, -0.25) is 4.79 Å². The maximum Gasteiger partial charge on any atom is 0.339 e. The van der Waals surface area contributed by atoms with Gasteiger partial charge in [0.2, 0.25) is 0 Å². The summed E-state index contributed by atoms with van der Waals surface area (Å²) in [6, 6.07) is 33.0. The maximum absolute atomic E-state index is 14.8. The Hall–Kier alpha value is -5.51. The SMILES string of the molecule is COCCc1cc2ccc3c(c2oc1=O)[C@H]1OC(=O)C[C@@H](CCc2cccc(Cc4ccccc4)c2)Cc2ccc(cc2)CC/C(=C(\C)CO)C(=O)O[C@@H]1[C@](C)(C1CCCCC1)O3. The first-order valence-corrected chi connectivity index (χ1v) is 22.8. The Morgan fingerprint density at radius 1 is 0.794 bits per heavy atom. The number of fused-ring (bicyclic) bond motifs is 13. The molecule has 0 unspecified atom stereocenters. The van der Waals surface area contributed by atoms with Gasteiger partial charge in [-0.15, -0.1) is 0 Å². The van der Waals surface area contributed by atoms with E-state index < -0.39 is 35.4 Å². The lowest BCUT2D eigenvalue weighted by atomic mass is 9.71. The molecule has 4 aromatic carbocycles. The number of hydrogen-bond donors (Lipinski definition) is 1. The van der Waals surface area contributed by atoms with Crippen LogP contribution in [0.15, 0.2) is 117 Å². The fourth-order valence-corrected chi connectivity index (χ4v) is 10.0. The van der Waals surface area contributed by atoms with Crippen LogP contribution in [0.25, 0.3) is 11.0 Å². The molecule has 3 aliphatic heterocycles. The Balaban J connectivity index is 1.20. The maximum atomic E-state index is 14.8. The Kier molecular flexibility index (Phi) is 13.9. The van der Waals surface area contributed by atoms with Gasteiger partial charge < -0.3 is 28.5 Å². The topological polar surface area (TPSA) is 122 Å². The largest absolute Gasteiger partial charge is 0.483 e. The summed E-state index contributed by atoms with van der Waals surface area (Å²) < 4.78 is 31.9. The van der Waals surface area contributed by atoms with Gasteiger partial charge in [-0.25, -0.2) is 9.59 Å². The summed E-state index contributed by atoms with van der Waals surface area (Å²) in [6.07, 6.45) is 6.89. The molecule has 1 saturated carbocycles. The van der Waals surface area contributed by atoms with Gasteiger partial charge in [-0.2, -0.15) is 0 Å². The van der Waals surface area contributed by atoms with Gasteiger partial charge in [0.1, 0.15) is 16.9 Å². The van der Waals surface area contributed by atoms with E-state index in [0.717, 1.165) is 62.5 Å². The normalized spacial score (nSPS) is 23.0. The smallest absolute Gasteiger partial charge is 0.339 e. The third kappa shape index (κ3) is 10.2. The summed E-state index contributed by atoms with van der Waals surface area (Å²) in [4.78, 5) is 43.0. The van der Waals surface area contributed by atoms with E-state index in [-0.39, 0.29) is 30.4 Å². The van der Waals surface area contributed by atoms with Gasteiger partial charge in [0, 0.05) is 42.4 Å². The highest BCUT2D eigenvalue weighted by Crippen LogP contribution is 2.52. The average molecular weight is 853 g/mol. The number of aliphatic hydroxyl groups is 1. The van der Waals surface area contributed by atoms with Crippen LogP contribution in [0.2, 0.25) is 0 Å². The first kappa shape index (κ1) is 44.1. The van der Waals surface area contributed by atoms with E-state index >= 15 is 0 Å². The second-order valence-electron chi connectivity index (χ2n) is 18.1. The Morgan fingerprint density at radius 2 is 1.54 bits per heavy atom.